The van der Waals surface area contributed by atoms with Gasteiger partial charge in [0.25, 0.3) is 5.91 Å². The summed E-state index contributed by atoms with van der Waals surface area (Å²) in [5.74, 6) is 0.916. The SMILES string of the molecule is COc1cc(N)c(Cl)cc1C(=O)N1CCCC(c2ccccc2)CC1. The predicted octanol–water partition coefficient (Wildman–Crippen LogP) is 4.34. The molecule has 3 rings (SSSR count). The van der Waals surface area contributed by atoms with Gasteiger partial charge in [0.2, 0.25) is 0 Å². The Morgan fingerprint density at radius 3 is 2.68 bits per heavy atom. The summed E-state index contributed by atoms with van der Waals surface area (Å²) in [6.07, 6.45) is 3.03. The van der Waals surface area contributed by atoms with Crippen molar-refractivity contribution in [3.8, 4) is 5.75 Å². The number of rotatable bonds is 3. The molecule has 5 heteroatoms. The minimum Gasteiger partial charge on any atom is -0.496 e. The van der Waals surface area contributed by atoms with Crippen LogP contribution in [0.25, 0.3) is 0 Å². The van der Waals surface area contributed by atoms with E-state index in [-0.39, 0.29) is 5.91 Å². The van der Waals surface area contributed by atoms with E-state index in [1.807, 2.05) is 11.0 Å². The van der Waals surface area contributed by atoms with Gasteiger partial charge in [0.15, 0.2) is 0 Å². The van der Waals surface area contributed by atoms with Gasteiger partial charge in [0, 0.05) is 19.2 Å². The quantitative estimate of drug-likeness (QED) is 0.830. The Labute approximate surface area is 153 Å². The van der Waals surface area contributed by atoms with Gasteiger partial charge < -0.3 is 15.4 Å². The molecular weight excluding hydrogens is 336 g/mol. The number of hydrogen-bond acceptors (Lipinski definition) is 3. The average molecular weight is 359 g/mol. The number of hydrogen-bond donors (Lipinski definition) is 1. The third-order valence-corrected chi connectivity index (χ3v) is 5.16. The van der Waals surface area contributed by atoms with Crippen LogP contribution in [-0.2, 0) is 0 Å². The first-order valence-corrected chi connectivity index (χ1v) is 8.95. The normalized spacial score (nSPS) is 17.8. The van der Waals surface area contributed by atoms with Gasteiger partial charge in [-0.15, -0.1) is 0 Å². The summed E-state index contributed by atoms with van der Waals surface area (Å²) in [5, 5.41) is 0.376. The molecule has 0 saturated carbocycles. The molecule has 1 aliphatic heterocycles. The van der Waals surface area contributed by atoms with E-state index in [4.69, 9.17) is 22.1 Å². The highest BCUT2D eigenvalue weighted by atomic mass is 35.5. The maximum Gasteiger partial charge on any atom is 0.257 e. The first-order chi connectivity index (χ1) is 12.1. The lowest BCUT2D eigenvalue weighted by Gasteiger charge is -2.22. The first kappa shape index (κ1) is 17.6. The summed E-state index contributed by atoms with van der Waals surface area (Å²) in [7, 11) is 1.54. The summed E-state index contributed by atoms with van der Waals surface area (Å²) in [6, 6.07) is 13.7. The molecule has 0 spiro atoms. The Bertz CT molecular complexity index is 749. The molecule has 1 saturated heterocycles. The molecule has 0 radical (unpaired) electrons. The lowest BCUT2D eigenvalue weighted by atomic mass is 9.92. The molecular formula is C20H23ClN2O2. The zero-order chi connectivity index (χ0) is 17.8. The fraction of sp³-hybridized carbons (Fsp3) is 0.350. The molecule has 2 aromatic rings. The van der Waals surface area contributed by atoms with Crippen molar-refractivity contribution in [1.82, 2.24) is 4.90 Å². The van der Waals surface area contributed by atoms with Crippen molar-refractivity contribution in [3.05, 3.63) is 58.6 Å². The largest absolute Gasteiger partial charge is 0.496 e. The highest BCUT2D eigenvalue weighted by Gasteiger charge is 2.25. The van der Waals surface area contributed by atoms with Crippen LogP contribution in [0.3, 0.4) is 0 Å². The van der Waals surface area contributed by atoms with Crippen molar-refractivity contribution < 1.29 is 9.53 Å². The number of likely N-dealkylation sites (tertiary alicyclic amines) is 1. The monoisotopic (exact) mass is 358 g/mol. The van der Waals surface area contributed by atoms with Crippen molar-refractivity contribution in [2.45, 2.75) is 25.2 Å². The minimum atomic E-state index is -0.0486. The van der Waals surface area contributed by atoms with Gasteiger partial charge in [-0.3, -0.25) is 4.79 Å². The number of nitrogens with zero attached hydrogens (tertiary/aromatic N) is 1. The van der Waals surface area contributed by atoms with Gasteiger partial charge in [0.05, 0.1) is 23.4 Å². The van der Waals surface area contributed by atoms with Crippen LogP contribution < -0.4 is 10.5 Å². The third-order valence-electron chi connectivity index (χ3n) is 4.84. The number of carbonyl (C=O) groups is 1. The minimum absolute atomic E-state index is 0.0486. The van der Waals surface area contributed by atoms with Crippen molar-refractivity contribution >= 4 is 23.2 Å². The molecule has 2 N–H and O–H groups in total. The predicted molar refractivity (Wildman–Crippen MR) is 101 cm³/mol. The molecule has 25 heavy (non-hydrogen) atoms. The molecule has 0 aromatic heterocycles. The van der Waals surface area contributed by atoms with Crippen molar-refractivity contribution in [3.63, 3.8) is 0 Å². The molecule has 1 amide bonds. The van der Waals surface area contributed by atoms with E-state index < -0.39 is 0 Å². The van der Waals surface area contributed by atoms with E-state index >= 15 is 0 Å². The number of amides is 1. The zero-order valence-electron chi connectivity index (χ0n) is 14.4. The second kappa shape index (κ2) is 7.79. The van der Waals surface area contributed by atoms with Crippen LogP contribution >= 0.6 is 11.6 Å². The Hall–Kier alpha value is -2.20. The molecule has 1 aliphatic rings. The first-order valence-electron chi connectivity index (χ1n) is 8.57. The smallest absolute Gasteiger partial charge is 0.257 e. The van der Waals surface area contributed by atoms with E-state index in [0.29, 0.717) is 27.9 Å². The number of anilines is 1. The van der Waals surface area contributed by atoms with E-state index in [9.17, 15) is 4.79 Å². The summed E-state index contributed by atoms with van der Waals surface area (Å²) < 4.78 is 5.33. The van der Waals surface area contributed by atoms with E-state index in [1.165, 1.54) is 12.7 Å². The van der Waals surface area contributed by atoms with Crippen LogP contribution in [-0.4, -0.2) is 31.0 Å². The van der Waals surface area contributed by atoms with Crippen LogP contribution in [0.15, 0.2) is 42.5 Å². The van der Waals surface area contributed by atoms with Gasteiger partial charge >= 0.3 is 0 Å². The molecule has 1 fully saturated rings. The van der Waals surface area contributed by atoms with Crippen molar-refractivity contribution in [1.29, 1.82) is 0 Å². The molecule has 0 aliphatic carbocycles. The fourth-order valence-corrected chi connectivity index (χ4v) is 3.60. The summed E-state index contributed by atoms with van der Waals surface area (Å²) >= 11 is 6.11. The third kappa shape index (κ3) is 3.90. The molecule has 132 valence electrons. The number of methoxy groups -OCH3 is 1. The molecule has 1 atom stereocenters. The Morgan fingerprint density at radius 2 is 1.96 bits per heavy atom. The van der Waals surface area contributed by atoms with Gasteiger partial charge in [-0.25, -0.2) is 0 Å². The second-order valence-corrected chi connectivity index (χ2v) is 6.81. The molecule has 4 nitrogen and oxygen atoms in total. The maximum absolute atomic E-state index is 13.0. The lowest BCUT2D eigenvalue weighted by molar-refractivity contribution is 0.0758. The number of nitrogen functional groups attached to an aromatic ring is 1. The molecule has 0 bridgehead atoms. The van der Waals surface area contributed by atoms with Crippen molar-refractivity contribution in [2.75, 3.05) is 25.9 Å². The Balaban J connectivity index is 1.77. The van der Waals surface area contributed by atoms with E-state index in [0.717, 1.165) is 32.4 Å². The topological polar surface area (TPSA) is 55.6 Å². The van der Waals surface area contributed by atoms with Gasteiger partial charge in [-0.1, -0.05) is 41.9 Å². The number of nitrogens with two attached hydrogens (primary N) is 1. The van der Waals surface area contributed by atoms with Gasteiger partial charge in [-0.2, -0.15) is 0 Å². The van der Waals surface area contributed by atoms with E-state index in [1.54, 1.807) is 12.1 Å². The maximum atomic E-state index is 13.0. The summed E-state index contributed by atoms with van der Waals surface area (Å²) in [4.78, 5) is 14.9. The number of halogens is 1. The summed E-state index contributed by atoms with van der Waals surface area (Å²) in [5.41, 5.74) is 8.05. The van der Waals surface area contributed by atoms with Gasteiger partial charge in [-0.05, 0) is 36.8 Å². The van der Waals surface area contributed by atoms with Crippen LogP contribution in [0.5, 0.6) is 5.75 Å². The highest BCUT2D eigenvalue weighted by Crippen LogP contribution is 2.32. The van der Waals surface area contributed by atoms with Crippen LogP contribution in [0.2, 0.25) is 5.02 Å². The second-order valence-electron chi connectivity index (χ2n) is 6.40. The van der Waals surface area contributed by atoms with Crippen molar-refractivity contribution in [2.24, 2.45) is 0 Å². The fourth-order valence-electron chi connectivity index (χ4n) is 3.43. The number of ether oxygens (including phenoxy) is 1. The van der Waals surface area contributed by atoms with Gasteiger partial charge in [0.1, 0.15) is 5.75 Å². The molecule has 1 unspecified atom stereocenters. The lowest BCUT2D eigenvalue weighted by Crippen LogP contribution is -2.32. The Morgan fingerprint density at radius 1 is 1.20 bits per heavy atom. The summed E-state index contributed by atoms with van der Waals surface area (Å²) in [6.45, 7) is 1.47. The molecule has 2 aromatic carbocycles. The highest BCUT2D eigenvalue weighted by molar-refractivity contribution is 6.33. The standard InChI is InChI=1S/C20H23ClN2O2/c1-25-19-13-18(22)17(21)12-16(19)20(24)23-10-5-8-15(9-11-23)14-6-3-2-4-7-14/h2-4,6-7,12-13,15H,5,8-11,22H2,1H3. The number of benzene rings is 2. The molecule has 1 heterocycles. The average Bonchev–Trinajstić information content (AvgIpc) is 2.90. The van der Waals surface area contributed by atoms with Crippen LogP contribution in [0, 0.1) is 0 Å². The zero-order valence-corrected chi connectivity index (χ0v) is 15.1. The van der Waals surface area contributed by atoms with Crippen LogP contribution in [0.1, 0.15) is 41.1 Å². The van der Waals surface area contributed by atoms with Crippen LogP contribution in [0.4, 0.5) is 5.69 Å². The van der Waals surface area contributed by atoms with E-state index in [2.05, 4.69) is 24.3 Å². The number of carbonyl (C=O) groups excluding carboxylic acids is 1. The Kier molecular flexibility index (Phi) is 5.49.